The van der Waals surface area contributed by atoms with Crippen molar-refractivity contribution in [2.24, 2.45) is 0 Å². The fraction of sp³-hybridized carbons (Fsp3) is 0.300. The van der Waals surface area contributed by atoms with Crippen LogP contribution >= 0.6 is 10.7 Å². The molecule has 0 aromatic heterocycles. The first-order valence-electron chi connectivity index (χ1n) is 8.68. The number of hydrogen-bond donors (Lipinski definition) is 1. The highest BCUT2D eigenvalue weighted by atomic mass is 35.7. The molecule has 3 rings (SSSR count). The fourth-order valence-corrected chi connectivity index (χ4v) is 4.72. The van der Waals surface area contributed by atoms with E-state index in [2.05, 4.69) is 0 Å². The third kappa shape index (κ3) is 3.77. The van der Waals surface area contributed by atoms with Gasteiger partial charge in [-0.05, 0) is 29.4 Å². The van der Waals surface area contributed by atoms with Crippen LogP contribution in [0, 0.1) is 0 Å². The van der Waals surface area contributed by atoms with Crippen molar-refractivity contribution in [2.75, 3.05) is 0 Å². The average Bonchev–Trinajstić information content (AvgIpc) is 2.59. The van der Waals surface area contributed by atoms with Crippen molar-refractivity contribution in [1.82, 2.24) is 0 Å². The SMILES string of the molecule is CCCC(=O)C1=C(O)CC(c2ccc(S(=O)(=O)Cl)c3ccccc23)CC1=O. The lowest BCUT2D eigenvalue weighted by Gasteiger charge is -2.24. The molecule has 0 heterocycles. The van der Waals surface area contributed by atoms with E-state index in [1.807, 2.05) is 6.92 Å². The summed E-state index contributed by atoms with van der Waals surface area (Å²) in [6.07, 6.45) is 1.08. The smallest absolute Gasteiger partial charge is 0.261 e. The molecule has 142 valence electrons. The van der Waals surface area contributed by atoms with E-state index in [4.69, 9.17) is 10.7 Å². The Bertz CT molecular complexity index is 1070. The van der Waals surface area contributed by atoms with Crippen LogP contribution in [0.5, 0.6) is 0 Å². The molecule has 1 aliphatic rings. The van der Waals surface area contributed by atoms with E-state index >= 15 is 0 Å². The van der Waals surface area contributed by atoms with Crippen LogP contribution in [0.2, 0.25) is 0 Å². The number of fused-ring (bicyclic) bond motifs is 1. The summed E-state index contributed by atoms with van der Waals surface area (Å²) >= 11 is 0. The topological polar surface area (TPSA) is 88.5 Å². The summed E-state index contributed by atoms with van der Waals surface area (Å²) in [6.45, 7) is 1.84. The molecule has 0 aliphatic heterocycles. The Hall–Kier alpha value is -2.18. The molecule has 1 aliphatic carbocycles. The zero-order chi connectivity index (χ0) is 19.8. The van der Waals surface area contributed by atoms with Crippen LogP contribution < -0.4 is 0 Å². The first kappa shape index (κ1) is 19.6. The van der Waals surface area contributed by atoms with Crippen LogP contribution in [-0.4, -0.2) is 25.1 Å². The number of carbonyl (C=O) groups excluding carboxylic acids is 2. The highest BCUT2D eigenvalue weighted by Crippen LogP contribution is 2.39. The second-order valence-corrected chi connectivity index (χ2v) is 9.19. The van der Waals surface area contributed by atoms with E-state index in [1.165, 1.54) is 6.07 Å². The summed E-state index contributed by atoms with van der Waals surface area (Å²) < 4.78 is 23.7. The van der Waals surface area contributed by atoms with Crippen LogP contribution in [0.25, 0.3) is 10.8 Å². The van der Waals surface area contributed by atoms with E-state index in [1.54, 1.807) is 30.3 Å². The van der Waals surface area contributed by atoms with Crippen molar-refractivity contribution < 1.29 is 23.1 Å². The molecule has 0 spiro atoms. The molecule has 0 amide bonds. The van der Waals surface area contributed by atoms with Gasteiger partial charge < -0.3 is 5.11 Å². The second-order valence-electron chi connectivity index (χ2n) is 6.66. The van der Waals surface area contributed by atoms with Crippen molar-refractivity contribution in [1.29, 1.82) is 0 Å². The molecule has 2 aromatic rings. The molecule has 1 atom stereocenters. The van der Waals surface area contributed by atoms with Gasteiger partial charge in [0.05, 0.1) is 10.5 Å². The van der Waals surface area contributed by atoms with E-state index in [9.17, 15) is 23.1 Å². The highest BCUT2D eigenvalue weighted by molar-refractivity contribution is 8.14. The summed E-state index contributed by atoms with van der Waals surface area (Å²) in [4.78, 5) is 24.6. The van der Waals surface area contributed by atoms with Gasteiger partial charge in [0.1, 0.15) is 5.76 Å². The van der Waals surface area contributed by atoms with Gasteiger partial charge in [0.2, 0.25) is 0 Å². The minimum atomic E-state index is -3.92. The number of benzene rings is 2. The standard InChI is InChI=1S/C20H19ClO5S/c1-2-5-16(22)20-17(23)10-12(11-18(20)24)13-8-9-19(27(21,25)26)15-7-4-3-6-14(13)15/h3-4,6-9,12,23H,2,5,10-11H2,1H3. The number of hydrogen-bond acceptors (Lipinski definition) is 5. The van der Waals surface area contributed by atoms with E-state index < -0.39 is 9.05 Å². The maximum atomic E-state index is 12.5. The lowest BCUT2D eigenvalue weighted by molar-refractivity contribution is -0.122. The average molecular weight is 407 g/mol. The summed E-state index contributed by atoms with van der Waals surface area (Å²) in [6, 6.07) is 9.95. The van der Waals surface area contributed by atoms with E-state index in [0.717, 1.165) is 5.56 Å². The minimum absolute atomic E-state index is 0.00392. The molecular formula is C20H19ClO5S. The van der Waals surface area contributed by atoms with Crippen molar-refractivity contribution in [3.63, 3.8) is 0 Å². The van der Waals surface area contributed by atoms with Crippen LogP contribution in [0.3, 0.4) is 0 Å². The number of carbonyl (C=O) groups is 2. The Morgan fingerprint density at radius 3 is 2.41 bits per heavy atom. The van der Waals surface area contributed by atoms with Crippen molar-refractivity contribution >= 4 is 42.1 Å². The second kappa shape index (κ2) is 7.44. The van der Waals surface area contributed by atoms with Gasteiger partial charge in [-0.2, -0.15) is 0 Å². The van der Waals surface area contributed by atoms with Crippen molar-refractivity contribution in [2.45, 2.75) is 43.4 Å². The van der Waals surface area contributed by atoms with Crippen LogP contribution in [-0.2, 0) is 18.6 Å². The highest BCUT2D eigenvalue weighted by Gasteiger charge is 2.33. The van der Waals surface area contributed by atoms with Gasteiger partial charge in [-0.1, -0.05) is 37.3 Å². The lowest BCUT2D eigenvalue weighted by Crippen LogP contribution is -2.23. The maximum Gasteiger partial charge on any atom is 0.261 e. The van der Waals surface area contributed by atoms with Crippen LogP contribution in [0.15, 0.2) is 52.6 Å². The minimum Gasteiger partial charge on any atom is -0.511 e. The van der Waals surface area contributed by atoms with Gasteiger partial charge in [0.15, 0.2) is 11.6 Å². The molecule has 1 N–H and O–H groups in total. The molecule has 0 fully saturated rings. The summed E-state index contributed by atoms with van der Waals surface area (Å²) in [7, 11) is 1.62. The van der Waals surface area contributed by atoms with Gasteiger partial charge in [-0.25, -0.2) is 8.42 Å². The monoisotopic (exact) mass is 406 g/mol. The number of ketones is 2. The molecule has 27 heavy (non-hydrogen) atoms. The van der Waals surface area contributed by atoms with Gasteiger partial charge >= 0.3 is 0 Å². The molecule has 2 aromatic carbocycles. The molecule has 7 heteroatoms. The fourth-order valence-electron chi connectivity index (χ4n) is 3.65. The number of allylic oxidation sites excluding steroid dienone is 2. The normalized spacial score (nSPS) is 18.1. The molecule has 0 radical (unpaired) electrons. The maximum absolute atomic E-state index is 12.5. The number of Topliss-reactive ketones (excluding diaryl/α,β-unsaturated/α-hetero) is 2. The predicted molar refractivity (Wildman–Crippen MR) is 104 cm³/mol. The third-order valence-corrected chi connectivity index (χ3v) is 6.20. The largest absolute Gasteiger partial charge is 0.511 e. The zero-order valence-corrected chi connectivity index (χ0v) is 16.3. The summed E-state index contributed by atoms with van der Waals surface area (Å²) in [5, 5.41) is 11.5. The third-order valence-electron chi connectivity index (χ3n) is 4.82. The predicted octanol–water partition coefficient (Wildman–Crippen LogP) is 4.40. The van der Waals surface area contributed by atoms with Gasteiger partial charge in [-0.15, -0.1) is 0 Å². The Kier molecular flexibility index (Phi) is 5.40. The number of aliphatic hydroxyl groups is 1. The Labute approximate surface area is 162 Å². The molecular weight excluding hydrogens is 388 g/mol. The number of rotatable bonds is 5. The Morgan fingerprint density at radius 1 is 1.15 bits per heavy atom. The van der Waals surface area contributed by atoms with Crippen molar-refractivity contribution in [3.8, 4) is 0 Å². The molecule has 0 saturated heterocycles. The van der Waals surface area contributed by atoms with E-state index in [-0.39, 0.29) is 53.0 Å². The Morgan fingerprint density at radius 2 is 1.81 bits per heavy atom. The number of halogens is 1. The first-order chi connectivity index (χ1) is 12.7. The molecule has 1 unspecified atom stereocenters. The summed E-state index contributed by atoms with van der Waals surface area (Å²) in [5.41, 5.74) is 0.661. The first-order valence-corrected chi connectivity index (χ1v) is 11.0. The van der Waals surface area contributed by atoms with Gasteiger partial charge in [0, 0.05) is 35.3 Å². The quantitative estimate of drug-likeness (QED) is 0.587. The summed E-state index contributed by atoms with van der Waals surface area (Å²) in [5.74, 6) is -1.23. The number of aliphatic hydroxyl groups excluding tert-OH is 1. The van der Waals surface area contributed by atoms with Gasteiger partial charge in [0.25, 0.3) is 9.05 Å². The lowest BCUT2D eigenvalue weighted by atomic mass is 9.79. The van der Waals surface area contributed by atoms with Crippen molar-refractivity contribution in [3.05, 3.63) is 53.3 Å². The molecule has 5 nitrogen and oxygen atoms in total. The van der Waals surface area contributed by atoms with E-state index in [0.29, 0.717) is 17.2 Å². The molecule has 0 bridgehead atoms. The zero-order valence-electron chi connectivity index (χ0n) is 14.7. The van der Waals surface area contributed by atoms with Crippen LogP contribution in [0.4, 0.5) is 0 Å². The van der Waals surface area contributed by atoms with Crippen LogP contribution in [0.1, 0.15) is 44.1 Å². The Balaban J connectivity index is 2.08. The molecule has 0 saturated carbocycles. The van der Waals surface area contributed by atoms with Gasteiger partial charge in [-0.3, -0.25) is 9.59 Å².